The van der Waals surface area contributed by atoms with Crippen molar-refractivity contribution in [1.29, 1.82) is 0 Å². The van der Waals surface area contributed by atoms with Crippen LogP contribution in [0.2, 0.25) is 0 Å². The fourth-order valence-corrected chi connectivity index (χ4v) is 3.68. The highest BCUT2D eigenvalue weighted by Gasteiger charge is 2.26. The molecule has 1 atom stereocenters. The van der Waals surface area contributed by atoms with Crippen LogP contribution in [0.5, 0.6) is 0 Å². The van der Waals surface area contributed by atoms with E-state index < -0.39 is 5.97 Å². The first-order valence-corrected chi connectivity index (χ1v) is 8.02. The first-order valence-electron chi connectivity index (χ1n) is 7.20. The predicted molar refractivity (Wildman–Crippen MR) is 83.0 cm³/mol. The van der Waals surface area contributed by atoms with Crippen LogP contribution in [-0.2, 0) is 4.79 Å². The Morgan fingerprint density at radius 2 is 1.90 bits per heavy atom. The normalized spacial score (nSPS) is 17.8. The molecular weight excluding hydrogens is 288 g/mol. The maximum absolute atomic E-state index is 12.5. The van der Waals surface area contributed by atoms with E-state index in [0.29, 0.717) is 13.1 Å². The van der Waals surface area contributed by atoms with Gasteiger partial charge in [0.2, 0.25) is 0 Å². The van der Waals surface area contributed by atoms with Gasteiger partial charge in [0.25, 0.3) is 5.91 Å². The summed E-state index contributed by atoms with van der Waals surface area (Å²) in [5.74, 6) is -0.673. The van der Waals surface area contributed by atoms with Crippen LogP contribution in [0, 0.1) is 13.8 Å². The number of hydrogen-bond acceptors (Lipinski definition) is 4. The molecule has 0 aromatic carbocycles. The van der Waals surface area contributed by atoms with Gasteiger partial charge in [-0.05, 0) is 26.8 Å². The van der Waals surface area contributed by atoms with Gasteiger partial charge in [0.15, 0.2) is 0 Å². The molecular formula is C15H22N2O3S. The third-order valence-corrected chi connectivity index (χ3v) is 4.93. The smallest absolute Gasteiger partial charge is 0.304 e. The zero-order chi connectivity index (χ0) is 15.6. The summed E-state index contributed by atoms with van der Waals surface area (Å²) in [5.41, 5.74) is 0.810. The van der Waals surface area contributed by atoms with Gasteiger partial charge >= 0.3 is 5.97 Å². The Morgan fingerprint density at radius 3 is 2.38 bits per heavy atom. The van der Waals surface area contributed by atoms with Gasteiger partial charge in [-0.3, -0.25) is 14.5 Å². The lowest BCUT2D eigenvalue weighted by Crippen LogP contribution is -2.51. The highest BCUT2D eigenvalue weighted by molar-refractivity contribution is 7.12. The number of nitrogens with zero attached hydrogens (tertiary/aromatic N) is 2. The van der Waals surface area contributed by atoms with E-state index in [-0.39, 0.29) is 18.4 Å². The topological polar surface area (TPSA) is 60.9 Å². The second-order valence-electron chi connectivity index (χ2n) is 5.60. The SMILES string of the molecule is Cc1cc(C(=O)N2CCN(C(C)CC(=O)O)CC2)c(C)s1. The molecule has 0 saturated carbocycles. The Hall–Kier alpha value is -1.40. The molecule has 1 aliphatic rings. The molecule has 1 aromatic heterocycles. The van der Waals surface area contributed by atoms with E-state index in [1.807, 2.05) is 31.7 Å². The number of thiophene rings is 1. The minimum absolute atomic E-state index is 0.0184. The molecule has 2 heterocycles. The summed E-state index contributed by atoms with van der Waals surface area (Å²) in [6.45, 7) is 8.73. The van der Waals surface area contributed by atoms with Crippen LogP contribution in [0.3, 0.4) is 0 Å². The number of aryl methyl sites for hydroxylation is 2. The number of carbonyl (C=O) groups is 2. The minimum Gasteiger partial charge on any atom is -0.481 e. The number of carboxylic acid groups (broad SMARTS) is 1. The van der Waals surface area contributed by atoms with Crippen molar-refractivity contribution in [2.45, 2.75) is 33.2 Å². The van der Waals surface area contributed by atoms with Crippen LogP contribution >= 0.6 is 11.3 Å². The number of carbonyl (C=O) groups excluding carboxylic acids is 1. The molecule has 5 nitrogen and oxygen atoms in total. The Morgan fingerprint density at radius 1 is 1.29 bits per heavy atom. The summed E-state index contributed by atoms with van der Waals surface area (Å²) in [4.78, 5) is 29.5. The molecule has 1 fully saturated rings. The zero-order valence-electron chi connectivity index (χ0n) is 12.8. The minimum atomic E-state index is -0.773. The number of aliphatic carboxylic acids is 1. The number of hydrogen-bond donors (Lipinski definition) is 1. The molecule has 1 amide bonds. The quantitative estimate of drug-likeness (QED) is 0.924. The van der Waals surface area contributed by atoms with Crippen molar-refractivity contribution in [1.82, 2.24) is 9.80 Å². The average Bonchev–Trinajstić information content (AvgIpc) is 2.76. The molecule has 1 aliphatic heterocycles. The summed E-state index contributed by atoms with van der Waals surface area (Å²) in [7, 11) is 0. The predicted octanol–water partition coefficient (Wildman–Crippen LogP) is 1.99. The van der Waals surface area contributed by atoms with Crippen molar-refractivity contribution < 1.29 is 14.7 Å². The second kappa shape index (κ2) is 6.58. The van der Waals surface area contributed by atoms with Crippen molar-refractivity contribution in [3.05, 3.63) is 21.4 Å². The van der Waals surface area contributed by atoms with Gasteiger partial charge in [0.05, 0.1) is 12.0 Å². The molecule has 2 rings (SSSR count). The van der Waals surface area contributed by atoms with Crippen LogP contribution in [0.4, 0.5) is 0 Å². The highest BCUT2D eigenvalue weighted by Crippen LogP contribution is 2.22. The fourth-order valence-electron chi connectivity index (χ4n) is 2.76. The maximum Gasteiger partial charge on any atom is 0.304 e. The standard InChI is InChI=1S/C15H22N2O3S/c1-10(8-14(18)19)16-4-6-17(7-5-16)15(20)13-9-11(2)21-12(13)3/h9-10H,4-8H2,1-3H3,(H,18,19). The lowest BCUT2D eigenvalue weighted by molar-refractivity contribution is -0.138. The molecule has 21 heavy (non-hydrogen) atoms. The molecule has 1 aromatic rings. The average molecular weight is 310 g/mol. The fraction of sp³-hybridized carbons (Fsp3) is 0.600. The van der Waals surface area contributed by atoms with E-state index in [2.05, 4.69) is 4.90 Å². The Bertz CT molecular complexity index is 533. The van der Waals surface area contributed by atoms with Gasteiger partial charge < -0.3 is 10.0 Å². The van der Waals surface area contributed by atoms with Crippen molar-refractivity contribution in [3.8, 4) is 0 Å². The van der Waals surface area contributed by atoms with Crippen LogP contribution in [-0.4, -0.2) is 59.0 Å². The maximum atomic E-state index is 12.5. The van der Waals surface area contributed by atoms with Crippen LogP contribution in [0.15, 0.2) is 6.07 Å². The van der Waals surface area contributed by atoms with Gasteiger partial charge in [0.1, 0.15) is 0 Å². The molecule has 1 N–H and O–H groups in total. The summed E-state index contributed by atoms with van der Waals surface area (Å²) in [5, 5.41) is 8.85. The van der Waals surface area contributed by atoms with Crippen LogP contribution in [0.1, 0.15) is 33.5 Å². The first kappa shape index (κ1) is 16.0. The number of piperazine rings is 1. The van der Waals surface area contributed by atoms with E-state index >= 15 is 0 Å². The van der Waals surface area contributed by atoms with E-state index in [1.165, 1.54) is 0 Å². The molecule has 6 heteroatoms. The van der Waals surface area contributed by atoms with Crippen LogP contribution < -0.4 is 0 Å². The molecule has 0 bridgehead atoms. The molecule has 1 saturated heterocycles. The molecule has 0 radical (unpaired) electrons. The van der Waals surface area contributed by atoms with Gasteiger partial charge in [-0.2, -0.15) is 0 Å². The lowest BCUT2D eigenvalue weighted by Gasteiger charge is -2.37. The molecule has 0 aliphatic carbocycles. The van der Waals surface area contributed by atoms with Crippen LogP contribution in [0.25, 0.3) is 0 Å². The van der Waals surface area contributed by atoms with Gasteiger partial charge in [-0.25, -0.2) is 0 Å². The summed E-state index contributed by atoms with van der Waals surface area (Å²) in [6.07, 6.45) is 0.150. The third-order valence-electron chi connectivity index (χ3n) is 3.97. The van der Waals surface area contributed by atoms with Crippen molar-refractivity contribution in [2.24, 2.45) is 0 Å². The van der Waals surface area contributed by atoms with Crippen molar-refractivity contribution >= 4 is 23.2 Å². The Labute approximate surface area is 129 Å². The van der Waals surface area contributed by atoms with Gasteiger partial charge in [-0.15, -0.1) is 11.3 Å². The lowest BCUT2D eigenvalue weighted by atomic mass is 10.1. The monoisotopic (exact) mass is 310 g/mol. The van der Waals surface area contributed by atoms with Crippen molar-refractivity contribution in [2.75, 3.05) is 26.2 Å². The largest absolute Gasteiger partial charge is 0.481 e. The van der Waals surface area contributed by atoms with E-state index in [9.17, 15) is 9.59 Å². The van der Waals surface area contributed by atoms with Gasteiger partial charge in [-0.1, -0.05) is 0 Å². The number of amides is 1. The number of carboxylic acids is 1. The van der Waals surface area contributed by atoms with E-state index in [1.54, 1.807) is 11.3 Å². The second-order valence-corrected chi connectivity index (χ2v) is 7.06. The summed E-state index contributed by atoms with van der Waals surface area (Å²) < 4.78 is 0. The summed E-state index contributed by atoms with van der Waals surface area (Å²) in [6, 6.07) is 1.98. The molecule has 1 unspecified atom stereocenters. The van der Waals surface area contributed by atoms with E-state index in [0.717, 1.165) is 28.4 Å². The highest BCUT2D eigenvalue weighted by atomic mass is 32.1. The van der Waals surface area contributed by atoms with Crippen molar-refractivity contribution in [3.63, 3.8) is 0 Å². The Kier molecular flexibility index (Phi) is 5.00. The molecule has 116 valence electrons. The zero-order valence-corrected chi connectivity index (χ0v) is 13.6. The molecule has 0 spiro atoms. The number of rotatable bonds is 4. The van der Waals surface area contributed by atoms with E-state index in [4.69, 9.17) is 5.11 Å². The summed E-state index contributed by atoms with van der Waals surface area (Å²) >= 11 is 1.65. The van der Waals surface area contributed by atoms with Gasteiger partial charge in [0, 0.05) is 42.0 Å². The first-order chi connectivity index (χ1) is 9.88. The Balaban J connectivity index is 1.93. The third kappa shape index (κ3) is 3.83.